The number of likely N-dealkylation sites (N-methyl/N-ethyl adjacent to an activating group) is 1. The van der Waals surface area contributed by atoms with Crippen LogP contribution in [0, 0.1) is 5.92 Å². The summed E-state index contributed by atoms with van der Waals surface area (Å²) < 4.78 is 5.69. The van der Waals surface area contributed by atoms with Crippen molar-refractivity contribution in [2.24, 2.45) is 5.92 Å². The number of carbonyl (C=O) groups excluding carboxylic acids is 1. The average molecular weight is 274 g/mol. The summed E-state index contributed by atoms with van der Waals surface area (Å²) in [6, 6.07) is 6.68. The topological polar surface area (TPSA) is 41.6 Å². The summed E-state index contributed by atoms with van der Waals surface area (Å²) in [4.78, 5) is 13.5. The number of hydrogen-bond acceptors (Lipinski definition) is 3. The number of fused-ring (bicyclic) bond motifs is 1. The second-order valence-electron chi connectivity index (χ2n) is 5.92. The van der Waals surface area contributed by atoms with Crippen LogP contribution in [0.25, 0.3) is 0 Å². The van der Waals surface area contributed by atoms with Gasteiger partial charge in [-0.25, -0.2) is 0 Å². The Labute approximate surface area is 120 Å². The summed E-state index contributed by atoms with van der Waals surface area (Å²) in [5, 5.41) is 3.42. The van der Waals surface area contributed by atoms with Crippen molar-refractivity contribution in [2.45, 2.75) is 31.9 Å². The van der Waals surface area contributed by atoms with Gasteiger partial charge in [0.2, 0.25) is 5.91 Å². The summed E-state index contributed by atoms with van der Waals surface area (Å²) in [6.45, 7) is 2.94. The SMILES string of the molecule is CNC(c1ccc2c(c1)CC(=O)N2C)C1COC(C)C1. The lowest BCUT2D eigenvalue weighted by molar-refractivity contribution is -0.117. The Hall–Kier alpha value is -1.39. The third kappa shape index (κ3) is 2.23. The van der Waals surface area contributed by atoms with Gasteiger partial charge >= 0.3 is 0 Å². The van der Waals surface area contributed by atoms with Crippen molar-refractivity contribution in [3.63, 3.8) is 0 Å². The van der Waals surface area contributed by atoms with Crippen LogP contribution in [0.5, 0.6) is 0 Å². The predicted molar refractivity (Wildman–Crippen MR) is 78.9 cm³/mol. The first-order valence-electron chi connectivity index (χ1n) is 7.28. The Morgan fingerprint density at radius 3 is 2.90 bits per heavy atom. The first-order valence-corrected chi connectivity index (χ1v) is 7.28. The number of carbonyl (C=O) groups is 1. The highest BCUT2D eigenvalue weighted by molar-refractivity contribution is 6.00. The van der Waals surface area contributed by atoms with E-state index >= 15 is 0 Å². The second-order valence-corrected chi connectivity index (χ2v) is 5.92. The van der Waals surface area contributed by atoms with Gasteiger partial charge in [0, 0.05) is 24.7 Å². The lowest BCUT2D eigenvalue weighted by atomic mass is 9.90. The molecule has 0 aliphatic carbocycles. The molecule has 3 atom stereocenters. The highest BCUT2D eigenvalue weighted by Gasteiger charge is 2.31. The molecule has 1 aromatic carbocycles. The van der Waals surface area contributed by atoms with Crippen molar-refractivity contribution < 1.29 is 9.53 Å². The largest absolute Gasteiger partial charge is 0.378 e. The molecule has 1 aromatic rings. The van der Waals surface area contributed by atoms with Crippen LogP contribution >= 0.6 is 0 Å². The number of ether oxygens (including phenoxy) is 1. The minimum absolute atomic E-state index is 0.177. The van der Waals surface area contributed by atoms with Crippen LogP contribution in [-0.2, 0) is 16.0 Å². The predicted octanol–water partition coefficient (Wildman–Crippen LogP) is 1.89. The first kappa shape index (κ1) is 13.6. The Bertz CT molecular complexity index is 529. The number of nitrogens with zero attached hydrogens (tertiary/aromatic N) is 1. The van der Waals surface area contributed by atoms with Crippen molar-refractivity contribution in [1.29, 1.82) is 0 Å². The van der Waals surface area contributed by atoms with Crippen molar-refractivity contribution >= 4 is 11.6 Å². The third-order valence-corrected chi connectivity index (χ3v) is 4.55. The van der Waals surface area contributed by atoms with E-state index in [1.807, 2.05) is 14.1 Å². The molecule has 1 fully saturated rings. The lowest BCUT2D eigenvalue weighted by Crippen LogP contribution is -2.25. The monoisotopic (exact) mass is 274 g/mol. The molecular weight excluding hydrogens is 252 g/mol. The number of amides is 1. The van der Waals surface area contributed by atoms with Gasteiger partial charge in [-0.15, -0.1) is 0 Å². The molecule has 2 aliphatic rings. The summed E-state index contributed by atoms with van der Waals surface area (Å²) in [5.74, 6) is 0.680. The lowest BCUT2D eigenvalue weighted by Gasteiger charge is -2.23. The van der Waals surface area contributed by atoms with E-state index in [1.54, 1.807) is 4.90 Å². The van der Waals surface area contributed by atoms with Crippen LogP contribution in [0.15, 0.2) is 18.2 Å². The van der Waals surface area contributed by atoms with Gasteiger partial charge in [-0.1, -0.05) is 12.1 Å². The quantitative estimate of drug-likeness (QED) is 0.915. The molecule has 0 aromatic heterocycles. The van der Waals surface area contributed by atoms with E-state index in [9.17, 15) is 4.79 Å². The minimum Gasteiger partial charge on any atom is -0.378 e. The summed E-state index contributed by atoms with van der Waals surface area (Å²) in [5.41, 5.74) is 3.45. The number of anilines is 1. The molecule has 3 unspecified atom stereocenters. The van der Waals surface area contributed by atoms with Crippen molar-refractivity contribution in [3.8, 4) is 0 Å². The standard InChI is InChI=1S/C16H22N2O2/c1-10-6-13(9-20-10)16(17-2)11-4-5-14-12(7-11)8-15(19)18(14)3/h4-5,7,10,13,16-17H,6,8-9H2,1-3H3. The van der Waals surface area contributed by atoms with Gasteiger partial charge in [0.1, 0.15) is 0 Å². The van der Waals surface area contributed by atoms with Crippen LogP contribution in [0.1, 0.15) is 30.5 Å². The highest BCUT2D eigenvalue weighted by atomic mass is 16.5. The molecule has 2 heterocycles. The van der Waals surface area contributed by atoms with E-state index in [1.165, 1.54) is 5.56 Å². The van der Waals surface area contributed by atoms with Crippen LogP contribution in [0.2, 0.25) is 0 Å². The van der Waals surface area contributed by atoms with Crippen molar-refractivity contribution in [1.82, 2.24) is 5.32 Å². The third-order valence-electron chi connectivity index (χ3n) is 4.55. The van der Waals surface area contributed by atoms with E-state index in [-0.39, 0.29) is 5.91 Å². The highest BCUT2D eigenvalue weighted by Crippen LogP contribution is 2.35. The summed E-state index contributed by atoms with van der Waals surface area (Å²) >= 11 is 0. The average Bonchev–Trinajstić information content (AvgIpc) is 2.96. The van der Waals surface area contributed by atoms with Crippen LogP contribution < -0.4 is 10.2 Å². The fraction of sp³-hybridized carbons (Fsp3) is 0.562. The Morgan fingerprint density at radius 2 is 2.25 bits per heavy atom. The van der Waals surface area contributed by atoms with Gasteiger partial charge in [0.25, 0.3) is 0 Å². The van der Waals surface area contributed by atoms with Crippen molar-refractivity contribution in [3.05, 3.63) is 29.3 Å². The number of rotatable bonds is 3. The van der Waals surface area contributed by atoms with Gasteiger partial charge in [-0.2, -0.15) is 0 Å². The van der Waals surface area contributed by atoms with Gasteiger partial charge in [-0.05, 0) is 37.6 Å². The second kappa shape index (κ2) is 5.19. The van der Waals surface area contributed by atoms with Gasteiger partial charge in [-0.3, -0.25) is 4.79 Å². The molecular formula is C16H22N2O2. The zero-order valence-corrected chi connectivity index (χ0v) is 12.3. The smallest absolute Gasteiger partial charge is 0.231 e. The maximum Gasteiger partial charge on any atom is 0.231 e. The molecule has 0 radical (unpaired) electrons. The van der Waals surface area contributed by atoms with Crippen LogP contribution in [0.4, 0.5) is 5.69 Å². The molecule has 4 heteroatoms. The summed E-state index contributed by atoms with van der Waals surface area (Å²) in [6.07, 6.45) is 1.95. The molecule has 0 bridgehead atoms. The molecule has 20 heavy (non-hydrogen) atoms. The van der Waals surface area contributed by atoms with Gasteiger partial charge in [0.15, 0.2) is 0 Å². The minimum atomic E-state index is 0.177. The molecule has 0 saturated carbocycles. The van der Waals surface area contributed by atoms with E-state index < -0.39 is 0 Å². The number of benzene rings is 1. The summed E-state index contributed by atoms with van der Waals surface area (Å²) in [7, 11) is 3.84. The molecule has 0 spiro atoms. The molecule has 1 saturated heterocycles. The van der Waals surface area contributed by atoms with Crippen LogP contribution in [0.3, 0.4) is 0 Å². The number of nitrogens with one attached hydrogen (secondary N) is 1. The normalized spacial score (nSPS) is 26.9. The van der Waals surface area contributed by atoms with Gasteiger partial charge < -0.3 is 15.0 Å². The zero-order chi connectivity index (χ0) is 14.3. The van der Waals surface area contributed by atoms with Gasteiger partial charge in [0.05, 0.1) is 19.1 Å². The molecule has 3 rings (SSSR count). The maximum atomic E-state index is 11.8. The van der Waals surface area contributed by atoms with Crippen molar-refractivity contribution in [2.75, 3.05) is 25.6 Å². The van der Waals surface area contributed by atoms with E-state index in [4.69, 9.17) is 4.74 Å². The van der Waals surface area contributed by atoms with E-state index in [2.05, 4.69) is 30.4 Å². The maximum absolute atomic E-state index is 11.8. The molecule has 2 aliphatic heterocycles. The Balaban J connectivity index is 1.87. The molecule has 108 valence electrons. The molecule has 1 amide bonds. The number of hydrogen-bond donors (Lipinski definition) is 1. The van der Waals surface area contributed by atoms with E-state index in [0.717, 1.165) is 24.3 Å². The van der Waals surface area contributed by atoms with Crippen LogP contribution in [-0.4, -0.2) is 32.7 Å². The Kier molecular flexibility index (Phi) is 3.52. The zero-order valence-electron chi connectivity index (χ0n) is 12.3. The molecule has 4 nitrogen and oxygen atoms in total. The fourth-order valence-electron chi connectivity index (χ4n) is 3.44. The first-order chi connectivity index (χ1) is 9.60. The van der Waals surface area contributed by atoms with E-state index in [0.29, 0.717) is 24.5 Å². The fourth-order valence-corrected chi connectivity index (χ4v) is 3.44. The Morgan fingerprint density at radius 1 is 1.45 bits per heavy atom. The molecule has 1 N–H and O–H groups in total.